The van der Waals surface area contributed by atoms with Crippen LogP contribution in [0.15, 0.2) is 0 Å². The summed E-state index contributed by atoms with van der Waals surface area (Å²) in [4.78, 5) is 2.29. The molecule has 110 valence electrons. The van der Waals surface area contributed by atoms with Crippen LogP contribution in [0.25, 0.3) is 0 Å². The van der Waals surface area contributed by atoms with Gasteiger partial charge in [-0.05, 0) is 32.5 Å². The first-order valence-electron chi connectivity index (χ1n) is 6.82. The molecule has 0 aromatic heterocycles. The van der Waals surface area contributed by atoms with E-state index in [0.717, 1.165) is 26.1 Å². The highest BCUT2D eigenvalue weighted by atomic mass is 32.2. The Morgan fingerprint density at radius 2 is 1.56 bits per heavy atom. The third-order valence-electron chi connectivity index (χ3n) is 3.08. The van der Waals surface area contributed by atoms with E-state index < -0.39 is 10.0 Å². The third kappa shape index (κ3) is 6.68. The topological polar surface area (TPSA) is 60.9 Å². The van der Waals surface area contributed by atoms with Crippen LogP contribution < -0.4 is 0 Å². The van der Waals surface area contributed by atoms with E-state index in [1.807, 2.05) is 6.92 Å². The molecule has 0 radical (unpaired) electrons. The molecule has 0 amide bonds. The molecule has 0 rings (SSSR count). The molecule has 0 heterocycles. The minimum Gasteiger partial charge on any atom is -0.396 e. The van der Waals surface area contributed by atoms with Crippen LogP contribution in [0.3, 0.4) is 0 Å². The van der Waals surface area contributed by atoms with Gasteiger partial charge in [-0.2, -0.15) is 0 Å². The first-order valence-corrected chi connectivity index (χ1v) is 8.43. The lowest BCUT2D eigenvalue weighted by Crippen LogP contribution is -2.36. The molecular formula is C12H28N2O3S. The van der Waals surface area contributed by atoms with Crippen molar-refractivity contribution in [3.05, 3.63) is 0 Å². The SMILES string of the molecule is CCN(CC)CCCN(CC)S(=O)(=O)CCCO. The molecule has 0 spiro atoms. The number of aliphatic hydroxyl groups is 1. The zero-order chi connectivity index (χ0) is 14.0. The van der Waals surface area contributed by atoms with Crippen molar-refractivity contribution in [2.75, 3.05) is 45.1 Å². The summed E-state index contributed by atoms with van der Waals surface area (Å²) in [6.07, 6.45) is 1.17. The van der Waals surface area contributed by atoms with Crippen LogP contribution in [0, 0.1) is 0 Å². The van der Waals surface area contributed by atoms with Crippen molar-refractivity contribution in [1.29, 1.82) is 0 Å². The Balaban J connectivity index is 4.18. The third-order valence-corrected chi connectivity index (χ3v) is 5.11. The first kappa shape index (κ1) is 17.8. The van der Waals surface area contributed by atoms with Gasteiger partial charge in [0.05, 0.1) is 5.75 Å². The van der Waals surface area contributed by atoms with E-state index in [9.17, 15) is 8.42 Å². The lowest BCUT2D eigenvalue weighted by Gasteiger charge is -2.23. The zero-order valence-corrected chi connectivity index (χ0v) is 12.7. The van der Waals surface area contributed by atoms with Crippen molar-refractivity contribution >= 4 is 10.0 Å². The van der Waals surface area contributed by atoms with Gasteiger partial charge in [-0.25, -0.2) is 12.7 Å². The highest BCUT2D eigenvalue weighted by molar-refractivity contribution is 7.89. The maximum Gasteiger partial charge on any atom is 0.214 e. The van der Waals surface area contributed by atoms with Crippen LogP contribution >= 0.6 is 0 Å². The van der Waals surface area contributed by atoms with Gasteiger partial charge in [0, 0.05) is 19.7 Å². The number of nitrogens with zero attached hydrogens (tertiary/aromatic N) is 2. The number of sulfonamides is 1. The molecule has 0 atom stereocenters. The van der Waals surface area contributed by atoms with E-state index in [2.05, 4.69) is 18.7 Å². The van der Waals surface area contributed by atoms with E-state index in [-0.39, 0.29) is 12.4 Å². The van der Waals surface area contributed by atoms with Crippen LogP contribution in [0.2, 0.25) is 0 Å². The van der Waals surface area contributed by atoms with Gasteiger partial charge in [-0.15, -0.1) is 0 Å². The van der Waals surface area contributed by atoms with Gasteiger partial charge in [0.1, 0.15) is 0 Å². The summed E-state index contributed by atoms with van der Waals surface area (Å²) in [5.74, 6) is 0.0443. The molecule has 0 fully saturated rings. The second kappa shape index (κ2) is 9.72. The quantitative estimate of drug-likeness (QED) is 0.607. The smallest absolute Gasteiger partial charge is 0.214 e. The molecule has 0 bridgehead atoms. The molecule has 0 saturated heterocycles. The van der Waals surface area contributed by atoms with Crippen molar-refractivity contribution in [2.45, 2.75) is 33.6 Å². The molecular weight excluding hydrogens is 252 g/mol. The Labute approximate surface area is 112 Å². The lowest BCUT2D eigenvalue weighted by atomic mass is 10.3. The standard InChI is InChI=1S/C12H28N2O3S/c1-4-13(5-2)9-7-10-14(6-3)18(16,17)12-8-11-15/h15H,4-12H2,1-3H3. The van der Waals surface area contributed by atoms with Crippen LogP contribution in [0.5, 0.6) is 0 Å². The normalized spacial score (nSPS) is 12.6. The van der Waals surface area contributed by atoms with E-state index in [1.165, 1.54) is 4.31 Å². The zero-order valence-electron chi connectivity index (χ0n) is 11.9. The fourth-order valence-electron chi connectivity index (χ4n) is 1.88. The summed E-state index contributed by atoms with van der Waals surface area (Å²) < 4.78 is 25.4. The van der Waals surface area contributed by atoms with Crippen molar-refractivity contribution < 1.29 is 13.5 Å². The minimum atomic E-state index is -3.19. The number of rotatable bonds is 11. The van der Waals surface area contributed by atoms with Crippen LogP contribution in [0.1, 0.15) is 33.6 Å². The summed E-state index contributed by atoms with van der Waals surface area (Å²) >= 11 is 0. The van der Waals surface area contributed by atoms with Gasteiger partial charge >= 0.3 is 0 Å². The molecule has 0 saturated carbocycles. The number of hydrogen-bond acceptors (Lipinski definition) is 4. The Morgan fingerprint density at radius 1 is 0.944 bits per heavy atom. The second-order valence-electron chi connectivity index (χ2n) is 4.27. The molecule has 0 aromatic carbocycles. The molecule has 1 N–H and O–H groups in total. The van der Waals surface area contributed by atoms with Crippen molar-refractivity contribution in [3.63, 3.8) is 0 Å². The fraction of sp³-hybridized carbons (Fsp3) is 1.00. The average molecular weight is 280 g/mol. The Kier molecular flexibility index (Phi) is 9.63. The van der Waals surface area contributed by atoms with Crippen LogP contribution in [-0.2, 0) is 10.0 Å². The summed E-state index contributed by atoms with van der Waals surface area (Å²) in [6.45, 7) is 10.0. The molecule has 6 heteroatoms. The average Bonchev–Trinajstić information content (AvgIpc) is 2.36. The molecule has 0 aliphatic carbocycles. The van der Waals surface area contributed by atoms with E-state index in [4.69, 9.17) is 5.11 Å². The fourth-order valence-corrected chi connectivity index (χ4v) is 3.43. The van der Waals surface area contributed by atoms with Gasteiger partial charge in [-0.3, -0.25) is 0 Å². The monoisotopic (exact) mass is 280 g/mol. The van der Waals surface area contributed by atoms with E-state index in [0.29, 0.717) is 19.5 Å². The number of aliphatic hydroxyl groups excluding tert-OH is 1. The van der Waals surface area contributed by atoms with Gasteiger partial charge in [0.25, 0.3) is 0 Å². The summed E-state index contributed by atoms with van der Waals surface area (Å²) in [7, 11) is -3.19. The lowest BCUT2D eigenvalue weighted by molar-refractivity contribution is 0.283. The highest BCUT2D eigenvalue weighted by Gasteiger charge is 2.19. The van der Waals surface area contributed by atoms with Crippen LogP contribution in [0.4, 0.5) is 0 Å². The highest BCUT2D eigenvalue weighted by Crippen LogP contribution is 2.05. The predicted octanol–water partition coefficient (Wildman–Crippen LogP) is 0.752. The second-order valence-corrected chi connectivity index (χ2v) is 6.35. The largest absolute Gasteiger partial charge is 0.396 e. The summed E-state index contributed by atoms with van der Waals surface area (Å²) in [5.41, 5.74) is 0. The maximum absolute atomic E-state index is 11.9. The van der Waals surface area contributed by atoms with Crippen molar-refractivity contribution in [1.82, 2.24) is 9.21 Å². The van der Waals surface area contributed by atoms with Crippen molar-refractivity contribution in [3.8, 4) is 0 Å². The minimum absolute atomic E-state index is 0.0443. The molecule has 5 nitrogen and oxygen atoms in total. The maximum atomic E-state index is 11.9. The van der Waals surface area contributed by atoms with Gasteiger partial charge in [0.2, 0.25) is 10.0 Å². The summed E-state index contributed by atoms with van der Waals surface area (Å²) in [5, 5.41) is 8.71. The van der Waals surface area contributed by atoms with Crippen LogP contribution in [-0.4, -0.2) is 67.8 Å². The van der Waals surface area contributed by atoms with E-state index in [1.54, 1.807) is 0 Å². The van der Waals surface area contributed by atoms with E-state index >= 15 is 0 Å². The molecule has 0 aromatic rings. The van der Waals surface area contributed by atoms with Gasteiger partial charge < -0.3 is 10.0 Å². The first-order chi connectivity index (χ1) is 8.51. The Bertz CT molecular complexity index is 290. The molecule has 0 aliphatic rings. The Hall–Kier alpha value is -0.170. The predicted molar refractivity (Wildman–Crippen MR) is 75.1 cm³/mol. The Morgan fingerprint density at radius 3 is 2.00 bits per heavy atom. The van der Waals surface area contributed by atoms with Crippen molar-refractivity contribution in [2.24, 2.45) is 0 Å². The van der Waals surface area contributed by atoms with Gasteiger partial charge in [0.15, 0.2) is 0 Å². The summed E-state index contributed by atoms with van der Waals surface area (Å²) in [6, 6.07) is 0. The molecule has 18 heavy (non-hydrogen) atoms. The number of hydrogen-bond donors (Lipinski definition) is 1. The molecule has 0 aliphatic heterocycles. The molecule has 0 unspecified atom stereocenters. The van der Waals surface area contributed by atoms with Gasteiger partial charge in [-0.1, -0.05) is 20.8 Å².